The van der Waals surface area contributed by atoms with Gasteiger partial charge in [-0.1, -0.05) is 194 Å². The van der Waals surface area contributed by atoms with E-state index < -0.39 is 32.5 Å². The molecule has 0 spiro atoms. The molecular formula is C59H100NO8P. The monoisotopic (exact) mass is 982 g/mol. The number of hydrogen-bond donors (Lipinski definition) is 0. The van der Waals surface area contributed by atoms with Crippen LogP contribution in [0.3, 0.4) is 0 Å². The molecule has 0 N–H and O–H groups in total. The molecule has 0 bridgehead atoms. The van der Waals surface area contributed by atoms with E-state index >= 15 is 0 Å². The minimum absolute atomic E-state index is 0.0391. The van der Waals surface area contributed by atoms with E-state index in [0.717, 1.165) is 116 Å². The van der Waals surface area contributed by atoms with E-state index in [2.05, 4.69) is 123 Å². The third-order valence-corrected chi connectivity index (χ3v) is 12.0. The maximum Gasteiger partial charge on any atom is 0.306 e. The van der Waals surface area contributed by atoms with E-state index in [1.165, 1.54) is 44.9 Å². The second kappa shape index (κ2) is 49.6. The molecule has 0 rings (SSSR count). The van der Waals surface area contributed by atoms with Crippen molar-refractivity contribution in [2.45, 2.75) is 206 Å². The van der Waals surface area contributed by atoms with Crippen LogP contribution in [-0.2, 0) is 32.7 Å². The molecule has 2 atom stereocenters. The maximum atomic E-state index is 12.8. The van der Waals surface area contributed by atoms with E-state index in [-0.39, 0.29) is 26.1 Å². The van der Waals surface area contributed by atoms with Crippen molar-refractivity contribution in [3.8, 4) is 0 Å². The van der Waals surface area contributed by atoms with Gasteiger partial charge in [-0.2, -0.15) is 0 Å². The average Bonchev–Trinajstić information content (AvgIpc) is 3.31. The normalized spacial score (nSPS) is 14.2. The highest BCUT2D eigenvalue weighted by atomic mass is 31.2. The Kier molecular flexibility index (Phi) is 47.2. The van der Waals surface area contributed by atoms with Gasteiger partial charge in [0.2, 0.25) is 0 Å². The SMILES string of the molecule is CC/C=C\C/C=C\C/C=C\C/C=C\C/C=C\C/C=C\C/C=C\C/C=C\CCCCCCCCCCC(=O)OC(COC(=O)CCCCCCC/C=C\CCCCC)COP(=O)([O-])OCC[N+](C)(C)C. The summed E-state index contributed by atoms with van der Waals surface area (Å²) < 4.78 is 34.0. The molecule has 0 aromatic heterocycles. The van der Waals surface area contributed by atoms with Gasteiger partial charge in [0.15, 0.2) is 6.10 Å². The van der Waals surface area contributed by atoms with Gasteiger partial charge in [0, 0.05) is 12.8 Å². The van der Waals surface area contributed by atoms with Crippen molar-refractivity contribution in [1.29, 1.82) is 0 Å². The predicted molar refractivity (Wildman–Crippen MR) is 291 cm³/mol. The molecule has 0 amide bonds. The molecule has 0 aliphatic rings. The second-order valence-electron chi connectivity index (χ2n) is 18.9. The van der Waals surface area contributed by atoms with Crippen molar-refractivity contribution < 1.29 is 42.1 Å². The smallest absolute Gasteiger partial charge is 0.306 e. The van der Waals surface area contributed by atoms with Crippen molar-refractivity contribution >= 4 is 19.8 Å². The van der Waals surface area contributed by atoms with Crippen molar-refractivity contribution in [2.24, 2.45) is 0 Å². The molecule has 0 saturated carbocycles. The summed E-state index contributed by atoms with van der Waals surface area (Å²) in [4.78, 5) is 37.7. The van der Waals surface area contributed by atoms with Gasteiger partial charge < -0.3 is 27.9 Å². The Morgan fingerprint density at radius 3 is 1.25 bits per heavy atom. The lowest BCUT2D eigenvalue weighted by Gasteiger charge is -2.28. The number of nitrogens with zero attached hydrogens (tertiary/aromatic N) is 1. The van der Waals surface area contributed by atoms with Gasteiger partial charge in [-0.3, -0.25) is 14.2 Å². The number of rotatable bonds is 48. The molecule has 0 aromatic carbocycles. The maximum absolute atomic E-state index is 12.8. The first-order chi connectivity index (χ1) is 33.5. The van der Waals surface area contributed by atoms with Gasteiger partial charge >= 0.3 is 11.9 Å². The fourth-order valence-electron chi connectivity index (χ4n) is 6.84. The largest absolute Gasteiger partial charge is 0.756 e. The Bertz CT molecular complexity index is 1530. The molecule has 69 heavy (non-hydrogen) atoms. The van der Waals surface area contributed by atoms with Crippen LogP contribution in [0.4, 0.5) is 0 Å². The molecule has 9 nitrogen and oxygen atoms in total. The van der Waals surface area contributed by atoms with Crippen LogP contribution in [0.1, 0.15) is 200 Å². The number of unbranched alkanes of at least 4 members (excludes halogenated alkanes) is 16. The Labute approximate surface area is 423 Å². The van der Waals surface area contributed by atoms with Crippen LogP contribution in [0.2, 0.25) is 0 Å². The second-order valence-corrected chi connectivity index (χ2v) is 20.3. The van der Waals surface area contributed by atoms with Crippen LogP contribution in [0.15, 0.2) is 109 Å². The van der Waals surface area contributed by atoms with Crippen LogP contribution in [0.25, 0.3) is 0 Å². The highest BCUT2D eigenvalue weighted by molar-refractivity contribution is 7.45. The summed E-state index contributed by atoms with van der Waals surface area (Å²) in [6.45, 7) is 4.05. The Morgan fingerprint density at radius 1 is 0.464 bits per heavy atom. The molecule has 0 aliphatic carbocycles. The van der Waals surface area contributed by atoms with Gasteiger partial charge in [0.1, 0.15) is 19.8 Å². The lowest BCUT2D eigenvalue weighted by Crippen LogP contribution is -2.37. The zero-order valence-electron chi connectivity index (χ0n) is 44.5. The number of ether oxygens (including phenoxy) is 2. The number of phosphoric acid groups is 1. The Balaban J connectivity index is 4.18. The molecule has 0 heterocycles. The Morgan fingerprint density at radius 2 is 0.826 bits per heavy atom. The summed E-state index contributed by atoms with van der Waals surface area (Å²) in [7, 11) is 1.14. The third kappa shape index (κ3) is 53.9. The number of allylic oxidation sites excluding steroid dienone is 18. The summed E-state index contributed by atoms with van der Waals surface area (Å²) in [5, 5.41) is 0. The summed E-state index contributed by atoms with van der Waals surface area (Å²) >= 11 is 0. The van der Waals surface area contributed by atoms with E-state index in [9.17, 15) is 19.0 Å². The number of hydrogen-bond acceptors (Lipinski definition) is 8. The third-order valence-electron chi connectivity index (χ3n) is 11.0. The molecule has 10 heteroatoms. The molecule has 2 unspecified atom stereocenters. The molecule has 394 valence electrons. The number of esters is 2. The topological polar surface area (TPSA) is 111 Å². The van der Waals surface area contributed by atoms with Gasteiger partial charge in [-0.25, -0.2) is 0 Å². The molecule has 0 saturated heterocycles. The summed E-state index contributed by atoms with van der Waals surface area (Å²) in [5.74, 6) is -0.862. The molecular weight excluding hydrogens is 882 g/mol. The zero-order chi connectivity index (χ0) is 50.6. The van der Waals surface area contributed by atoms with Crippen LogP contribution < -0.4 is 4.89 Å². The van der Waals surface area contributed by atoms with Crippen molar-refractivity contribution in [3.05, 3.63) is 109 Å². The van der Waals surface area contributed by atoms with Crippen molar-refractivity contribution in [2.75, 3.05) is 47.5 Å². The summed E-state index contributed by atoms with van der Waals surface area (Å²) in [5.41, 5.74) is 0. The minimum Gasteiger partial charge on any atom is -0.756 e. The number of likely N-dealkylation sites (N-methyl/N-ethyl adjacent to an activating group) is 1. The summed E-state index contributed by atoms with van der Waals surface area (Å²) in [6, 6.07) is 0. The van der Waals surface area contributed by atoms with E-state index in [0.29, 0.717) is 23.9 Å². The lowest BCUT2D eigenvalue weighted by molar-refractivity contribution is -0.870. The summed E-state index contributed by atoms with van der Waals surface area (Å²) in [6.07, 6.45) is 68.5. The highest BCUT2D eigenvalue weighted by Crippen LogP contribution is 2.38. The fourth-order valence-corrected chi connectivity index (χ4v) is 7.57. The fraction of sp³-hybridized carbons (Fsp3) is 0.661. The minimum atomic E-state index is -4.64. The van der Waals surface area contributed by atoms with Gasteiger partial charge in [0.05, 0.1) is 27.7 Å². The average molecular weight is 982 g/mol. The van der Waals surface area contributed by atoms with Crippen LogP contribution in [0, 0.1) is 0 Å². The number of carbonyl (C=O) groups is 2. The van der Waals surface area contributed by atoms with E-state index in [4.69, 9.17) is 18.5 Å². The zero-order valence-corrected chi connectivity index (χ0v) is 45.4. The van der Waals surface area contributed by atoms with Crippen molar-refractivity contribution in [3.63, 3.8) is 0 Å². The van der Waals surface area contributed by atoms with E-state index in [1.54, 1.807) is 0 Å². The standard InChI is InChI=1S/C59H100NO8P/c1-6-8-10-12-14-16-18-20-21-22-23-24-25-26-27-28-29-30-31-32-33-34-35-36-37-38-39-40-42-44-46-48-50-52-59(62)68-57(56-67-69(63,64)66-54-53-60(3,4)5)55-65-58(61)51-49-47-45-43-41-19-17-15-13-11-9-7-2/h8,10,14-17,20-21,23-24,26-27,29-30,32-33,35-36,57H,6-7,9,11-13,18-19,22,25,28,31,34,37-56H2,1-5H3/b10-8-,16-14-,17-15-,21-20-,24-23-,27-26-,30-29-,33-32-,36-35-. The molecule has 0 fully saturated rings. The van der Waals surface area contributed by atoms with Crippen molar-refractivity contribution in [1.82, 2.24) is 0 Å². The van der Waals surface area contributed by atoms with Gasteiger partial charge in [-0.15, -0.1) is 0 Å². The van der Waals surface area contributed by atoms with Crippen LogP contribution in [-0.4, -0.2) is 70.0 Å². The first-order valence-electron chi connectivity index (χ1n) is 27.1. The predicted octanol–water partition coefficient (Wildman–Crippen LogP) is 16.0. The number of quaternary nitrogens is 1. The molecule has 0 radical (unpaired) electrons. The lowest BCUT2D eigenvalue weighted by atomic mass is 10.1. The van der Waals surface area contributed by atoms with Gasteiger partial charge in [-0.05, 0) is 103 Å². The number of carbonyl (C=O) groups excluding carboxylic acids is 2. The van der Waals surface area contributed by atoms with E-state index in [1.807, 2.05) is 21.1 Å². The van der Waals surface area contributed by atoms with Crippen LogP contribution in [0.5, 0.6) is 0 Å². The first kappa shape index (κ1) is 65.7. The Hall–Kier alpha value is -3.33. The number of phosphoric ester groups is 1. The molecule has 0 aromatic rings. The van der Waals surface area contributed by atoms with Gasteiger partial charge in [0.25, 0.3) is 7.82 Å². The van der Waals surface area contributed by atoms with Crippen LogP contribution >= 0.6 is 7.82 Å². The quantitative estimate of drug-likeness (QED) is 0.0195. The first-order valence-corrected chi connectivity index (χ1v) is 28.6. The molecule has 0 aliphatic heterocycles. The highest BCUT2D eigenvalue weighted by Gasteiger charge is 2.21.